The van der Waals surface area contributed by atoms with Gasteiger partial charge in [0.1, 0.15) is 5.78 Å². The van der Waals surface area contributed by atoms with Crippen LogP contribution in [-0.2, 0) is 33.8 Å². The Balaban J connectivity index is 1.53. The van der Waals surface area contributed by atoms with Gasteiger partial charge in [-0.1, -0.05) is 86.6 Å². The number of sulfone groups is 1. The van der Waals surface area contributed by atoms with E-state index in [-0.39, 0.29) is 77.8 Å². The van der Waals surface area contributed by atoms with Gasteiger partial charge in [0.2, 0.25) is 11.7 Å². The van der Waals surface area contributed by atoms with Crippen LogP contribution in [0.25, 0.3) is 0 Å². The van der Waals surface area contributed by atoms with Gasteiger partial charge in [-0.3, -0.25) is 24.0 Å². The van der Waals surface area contributed by atoms with Gasteiger partial charge in [-0.2, -0.15) is 0 Å². The molecule has 1 heterocycles. The van der Waals surface area contributed by atoms with Crippen molar-refractivity contribution in [2.45, 2.75) is 144 Å². The number of likely N-dealkylation sites (tertiary alicyclic amines) is 1. The third kappa shape index (κ3) is 10.0. The van der Waals surface area contributed by atoms with Crippen molar-refractivity contribution in [2.24, 2.45) is 51.8 Å². The molecule has 0 radical (unpaired) electrons. The van der Waals surface area contributed by atoms with Gasteiger partial charge in [-0.25, -0.2) is 8.42 Å². The van der Waals surface area contributed by atoms with Gasteiger partial charge in [0.25, 0.3) is 0 Å². The largest absolute Gasteiger partial charge is 0.332 e. The van der Waals surface area contributed by atoms with Crippen LogP contribution in [0.15, 0.2) is 12.7 Å². The van der Waals surface area contributed by atoms with E-state index >= 15 is 0 Å². The van der Waals surface area contributed by atoms with Crippen LogP contribution in [0.5, 0.6) is 0 Å². The van der Waals surface area contributed by atoms with Gasteiger partial charge in [0.15, 0.2) is 21.4 Å². The van der Waals surface area contributed by atoms with Crippen LogP contribution in [-0.4, -0.2) is 66.5 Å². The van der Waals surface area contributed by atoms with Crippen molar-refractivity contribution in [1.82, 2.24) is 4.90 Å². The highest BCUT2D eigenvalue weighted by Crippen LogP contribution is 2.65. The van der Waals surface area contributed by atoms with Crippen LogP contribution in [0, 0.1) is 51.8 Å². The fraction of sp³-hybridized carbons (Fsp3) is 0.829. The number of carbonyl (C=O) groups is 5. The van der Waals surface area contributed by atoms with E-state index in [2.05, 4.69) is 20.4 Å². The Labute approximate surface area is 302 Å². The van der Waals surface area contributed by atoms with E-state index in [1.165, 1.54) is 0 Å². The number of hydrogen-bond donors (Lipinski definition) is 0. The second-order valence-electron chi connectivity index (χ2n) is 18.7. The van der Waals surface area contributed by atoms with Crippen LogP contribution in [0.4, 0.5) is 0 Å². The summed E-state index contributed by atoms with van der Waals surface area (Å²) in [6.45, 7) is 18.2. The van der Waals surface area contributed by atoms with Crippen molar-refractivity contribution in [3.63, 3.8) is 0 Å². The molecule has 0 bridgehead atoms. The quantitative estimate of drug-likeness (QED) is 0.0953. The maximum Gasteiger partial charge on any atom is 0.227 e. The second kappa shape index (κ2) is 15.8. The summed E-state index contributed by atoms with van der Waals surface area (Å²) in [5, 5.41) is 0. The molecular weight excluding hydrogens is 651 g/mol. The number of allylic oxidation sites excluding steroid dienone is 1. The van der Waals surface area contributed by atoms with Crippen LogP contribution in [0.1, 0.15) is 138 Å². The van der Waals surface area contributed by atoms with Gasteiger partial charge in [-0.15, -0.1) is 6.58 Å². The molecule has 0 spiro atoms. The summed E-state index contributed by atoms with van der Waals surface area (Å²) in [4.78, 5) is 70.6. The summed E-state index contributed by atoms with van der Waals surface area (Å²) >= 11 is 0. The fourth-order valence-corrected chi connectivity index (χ4v) is 11.5. The van der Waals surface area contributed by atoms with Gasteiger partial charge in [0.05, 0.1) is 17.5 Å². The number of piperidine rings is 1. The average molecular weight is 716 g/mol. The first-order chi connectivity index (χ1) is 23.2. The van der Waals surface area contributed by atoms with E-state index in [1.54, 1.807) is 11.0 Å². The molecule has 282 valence electrons. The molecule has 0 aromatic heterocycles. The van der Waals surface area contributed by atoms with E-state index in [4.69, 9.17) is 0 Å². The maximum absolute atomic E-state index is 14.6. The van der Waals surface area contributed by atoms with Crippen molar-refractivity contribution < 1.29 is 32.4 Å². The maximum atomic E-state index is 14.6. The molecular formula is C41H65NO7S. The highest BCUT2D eigenvalue weighted by Gasteiger charge is 2.69. The lowest BCUT2D eigenvalue weighted by atomic mass is 9.70. The van der Waals surface area contributed by atoms with Crippen molar-refractivity contribution in [2.75, 3.05) is 18.1 Å². The molecule has 8 nitrogen and oxygen atoms in total. The molecule has 2 unspecified atom stereocenters. The SMILES string of the molecule is C=CCCC(=O)C(=O)C(CC(=O)[C@@H]1[C@@H]2C(CN1C(=O)[C@@H](CC(=O)CC1(CS(=O)(=O)CCC(C)C)CCCCC1)C(C)(C)C)C2(C)C)CC1CC1. The zero-order valence-electron chi connectivity index (χ0n) is 32.1. The summed E-state index contributed by atoms with van der Waals surface area (Å²) < 4.78 is 26.5. The molecule has 1 saturated heterocycles. The molecule has 1 amide bonds. The number of nitrogens with zero attached hydrogens (tertiary/aromatic N) is 1. The van der Waals surface area contributed by atoms with E-state index in [0.29, 0.717) is 44.6 Å². The topological polar surface area (TPSA) is 123 Å². The number of fused-ring (bicyclic) bond motifs is 1. The van der Waals surface area contributed by atoms with E-state index in [1.807, 2.05) is 34.6 Å². The van der Waals surface area contributed by atoms with Gasteiger partial charge < -0.3 is 4.90 Å². The van der Waals surface area contributed by atoms with Crippen LogP contribution >= 0.6 is 0 Å². The number of ketones is 4. The summed E-state index contributed by atoms with van der Waals surface area (Å²) in [6.07, 6.45) is 9.58. The lowest BCUT2D eigenvalue weighted by Gasteiger charge is -2.39. The van der Waals surface area contributed by atoms with Gasteiger partial charge in [-0.05, 0) is 72.0 Å². The number of rotatable bonds is 20. The minimum absolute atomic E-state index is 0.00680. The molecule has 4 aliphatic rings. The Bertz CT molecular complexity index is 1410. The van der Waals surface area contributed by atoms with Crippen molar-refractivity contribution in [3.05, 3.63) is 12.7 Å². The number of carbonyl (C=O) groups excluding carboxylic acids is 5. The Morgan fingerprint density at radius 3 is 2.18 bits per heavy atom. The molecule has 4 fully saturated rings. The molecule has 5 atom stereocenters. The summed E-state index contributed by atoms with van der Waals surface area (Å²) in [5.74, 6) is -1.81. The Hall–Kier alpha value is -2.16. The third-order valence-corrected chi connectivity index (χ3v) is 14.5. The minimum Gasteiger partial charge on any atom is -0.332 e. The molecule has 1 aliphatic heterocycles. The Kier molecular flexibility index (Phi) is 12.9. The fourth-order valence-electron chi connectivity index (χ4n) is 9.18. The summed E-state index contributed by atoms with van der Waals surface area (Å²) in [5.41, 5.74) is -1.29. The predicted octanol–water partition coefficient (Wildman–Crippen LogP) is 7.37. The van der Waals surface area contributed by atoms with Crippen LogP contribution in [0.2, 0.25) is 0 Å². The van der Waals surface area contributed by atoms with Crippen LogP contribution in [0.3, 0.4) is 0 Å². The molecule has 0 N–H and O–H groups in total. The van der Waals surface area contributed by atoms with Crippen LogP contribution < -0.4 is 0 Å². The van der Waals surface area contributed by atoms with Gasteiger partial charge in [0, 0.05) is 44.1 Å². The Morgan fingerprint density at radius 2 is 1.62 bits per heavy atom. The highest BCUT2D eigenvalue weighted by atomic mass is 32.2. The van der Waals surface area contributed by atoms with Gasteiger partial charge >= 0.3 is 0 Å². The molecule has 4 rings (SSSR count). The zero-order valence-corrected chi connectivity index (χ0v) is 32.9. The molecule has 0 aromatic rings. The smallest absolute Gasteiger partial charge is 0.227 e. The first-order valence-electron chi connectivity index (χ1n) is 19.4. The van der Waals surface area contributed by atoms with E-state index in [0.717, 1.165) is 32.1 Å². The lowest BCUT2D eigenvalue weighted by Crippen LogP contribution is -2.51. The zero-order chi connectivity index (χ0) is 37.2. The molecule has 50 heavy (non-hydrogen) atoms. The van der Waals surface area contributed by atoms with E-state index < -0.39 is 50.1 Å². The van der Waals surface area contributed by atoms with E-state index in [9.17, 15) is 32.4 Å². The number of Topliss-reactive ketones (excluding diaryl/α,β-unsaturated/α-hetero) is 4. The molecule has 3 aliphatic carbocycles. The third-order valence-electron chi connectivity index (χ3n) is 12.6. The Morgan fingerprint density at radius 1 is 0.980 bits per heavy atom. The van der Waals surface area contributed by atoms with Crippen molar-refractivity contribution >= 4 is 38.9 Å². The van der Waals surface area contributed by atoms with Crippen molar-refractivity contribution in [3.8, 4) is 0 Å². The highest BCUT2D eigenvalue weighted by molar-refractivity contribution is 7.91. The normalized spacial score (nSPS) is 25.4. The molecule has 0 aromatic carbocycles. The number of amides is 1. The first kappa shape index (κ1) is 40.6. The minimum atomic E-state index is -3.34. The summed E-state index contributed by atoms with van der Waals surface area (Å²) in [7, 11) is -3.34. The standard InChI is InChI=1S/C41H65NO7S/c1-9-10-14-33(44)37(46)29(21-28-15-16-28)22-34(45)36-35-32(40(35,7)8)25-42(36)38(47)31(39(4,5)6)23-30(43)24-41(18-12-11-13-19-41)26-50(48,49)20-17-27(2)3/h9,27-29,31-32,35-36H,1,10-26H2,2-8H3/t29?,31-,32?,35+,36-/m1/s1. The molecule has 9 heteroatoms. The van der Waals surface area contributed by atoms with Crippen molar-refractivity contribution in [1.29, 1.82) is 0 Å². The second-order valence-corrected chi connectivity index (χ2v) is 20.9. The summed E-state index contributed by atoms with van der Waals surface area (Å²) in [6, 6.07) is -0.684. The first-order valence-corrected chi connectivity index (χ1v) is 21.3. The number of hydrogen-bond acceptors (Lipinski definition) is 7. The molecule has 3 saturated carbocycles. The average Bonchev–Trinajstić information content (AvgIpc) is 3.87. The monoisotopic (exact) mass is 715 g/mol. The lowest BCUT2D eigenvalue weighted by molar-refractivity contribution is -0.148. The predicted molar refractivity (Wildman–Crippen MR) is 197 cm³/mol.